The molecule has 51 heavy (non-hydrogen) atoms. The molecule has 0 aliphatic carbocycles. The zero-order valence-corrected chi connectivity index (χ0v) is 35.7. The van der Waals surface area contributed by atoms with Gasteiger partial charge in [0, 0.05) is 6.42 Å². The quantitative estimate of drug-likeness (QED) is 0.0356. The fourth-order valence-corrected chi connectivity index (χ4v) is 7.50. The first-order chi connectivity index (χ1) is 25.2. The molecule has 0 aliphatic rings. The van der Waals surface area contributed by atoms with Crippen LogP contribution in [0.15, 0.2) is 12.2 Å². The Morgan fingerprint density at radius 2 is 0.686 bits per heavy atom. The maximum atomic E-state index is 12.0. The summed E-state index contributed by atoms with van der Waals surface area (Å²) in [7, 11) is 0. The molecule has 0 aliphatic heterocycles. The Labute approximate surface area is 323 Å². The van der Waals surface area contributed by atoms with Gasteiger partial charge in [0.2, 0.25) is 0 Å². The Morgan fingerprint density at radius 3 is 1.04 bits per heavy atom. The summed E-state index contributed by atoms with van der Waals surface area (Å²) in [5.74, 6) is 0.908. The number of hydrogen-bond acceptors (Lipinski definition) is 2. The fourth-order valence-electron chi connectivity index (χ4n) is 7.50. The van der Waals surface area contributed by atoms with Crippen LogP contribution in [0.3, 0.4) is 0 Å². The summed E-state index contributed by atoms with van der Waals surface area (Å²) < 4.78 is 5.47. The molecular weight excluding hydrogens is 621 g/mol. The van der Waals surface area contributed by atoms with E-state index in [1.54, 1.807) is 0 Å². The smallest absolute Gasteiger partial charge is 0.305 e. The van der Waals surface area contributed by atoms with Crippen molar-refractivity contribution in [1.82, 2.24) is 0 Å². The molecule has 0 bridgehead atoms. The minimum absolute atomic E-state index is 0.0208. The van der Waals surface area contributed by atoms with E-state index in [0.717, 1.165) is 25.2 Å². The summed E-state index contributed by atoms with van der Waals surface area (Å²) in [6.07, 6.45) is 60.5. The summed E-state index contributed by atoms with van der Waals surface area (Å²) in [5.41, 5.74) is 0. The van der Waals surface area contributed by atoms with Gasteiger partial charge in [0.25, 0.3) is 0 Å². The van der Waals surface area contributed by atoms with Crippen molar-refractivity contribution in [3.05, 3.63) is 12.2 Å². The van der Waals surface area contributed by atoms with E-state index in [9.17, 15) is 4.79 Å². The highest BCUT2D eigenvalue weighted by molar-refractivity contribution is 5.69. The maximum absolute atomic E-state index is 12.0. The van der Waals surface area contributed by atoms with Crippen molar-refractivity contribution >= 4 is 5.97 Å². The molecule has 0 aromatic rings. The molecule has 304 valence electrons. The Morgan fingerprint density at radius 1 is 0.392 bits per heavy atom. The number of carbonyl (C=O) groups excluding carboxylic acids is 1. The third-order valence-electron chi connectivity index (χ3n) is 11.1. The first-order valence-electron chi connectivity index (χ1n) is 24.0. The van der Waals surface area contributed by atoms with E-state index in [1.165, 1.54) is 238 Å². The first-order valence-corrected chi connectivity index (χ1v) is 24.0. The fraction of sp³-hybridized carbons (Fsp3) is 0.939. The molecular formula is C49H96O2. The van der Waals surface area contributed by atoms with Crippen LogP contribution in [0.25, 0.3) is 0 Å². The van der Waals surface area contributed by atoms with Gasteiger partial charge < -0.3 is 4.74 Å². The molecule has 0 amide bonds. The number of ether oxygens (including phenoxy) is 1. The lowest BCUT2D eigenvalue weighted by atomic mass is 10.0. The lowest BCUT2D eigenvalue weighted by molar-refractivity contribution is -0.143. The molecule has 0 radical (unpaired) electrons. The molecule has 0 aromatic heterocycles. The van der Waals surface area contributed by atoms with Crippen LogP contribution in [0.1, 0.15) is 284 Å². The van der Waals surface area contributed by atoms with Crippen LogP contribution >= 0.6 is 0 Å². The molecule has 0 N–H and O–H groups in total. The third-order valence-corrected chi connectivity index (χ3v) is 11.1. The highest BCUT2D eigenvalue weighted by Gasteiger charge is 2.03. The summed E-state index contributed by atoms with van der Waals surface area (Å²) in [4.78, 5) is 12.0. The zero-order valence-electron chi connectivity index (χ0n) is 35.7. The molecule has 2 heteroatoms. The maximum Gasteiger partial charge on any atom is 0.305 e. The van der Waals surface area contributed by atoms with Gasteiger partial charge in [-0.05, 0) is 44.4 Å². The Balaban J connectivity index is 3.16. The number of carbonyl (C=O) groups is 1. The van der Waals surface area contributed by atoms with Gasteiger partial charge in [0.05, 0.1) is 6.61 Å². The monoisotopic (exact) mass is 717 g/mol. The second-order valence-corrected chi connectivity index (χ2v) is 16.9. The van der Waals surface area contributed by atoms with Crippen molar-refractivity contribution in [2.75, 3.05) is 6.61 Å². The van der Waals surface area contributed by atoms with Crippen LogP contribution in [-0.4, -0.2) is 12.6 Å². The largest absolute Gasteiger partial charge is 0.466 e. The molecule has 0 fully saturated rings. The molecule has 0 spiro atoms. The van der Waals surface area contributed by atoms with Crippen molar-refractivity contribution in [3.63, 3.8) is 0 Å². The number of hydrogen-bond donors (Lipinski definition) is 0. The van der Waals surface area contributed by atoms with Gasteiger partial charge in [0.1, 0.15) is 0 Å². The summed E-state index contributed by atoms with van der Waals surface area (Å²) in [5, 5.41) is 0. The molecule has 0 atom stereocenters. The van der Waals surface area contributed by atoms with Gasteiger partial charge in [0.15, 0.2) is 0 Å². The Hall–Kier alpha value is -0.790. The van der Waals surface area contributed by atoms with Crippen LogP contribution in [0.5, 0.6) is 0 Å². The highest BCUT2D eigenvalue weighted by Crippen LogP contribution is 2.17. The van der Waals surface area contributed by atoms with Crippen molar-refractivity contribution in [2.45, 2.75) is 284 Å². The lowest BCUT2D eigenvalue weighted by Crippen LogP contribution is -2.05. The van der Waals surface area contributed by atoms with E-state index < -0.39 is 0 Å². The van der Waals surface area contributed by atoms with E-state index >= 15 is 0 Å². The second kappa shape index (κ2) is 45.4. The van der Waals surface area contributed by atoms with Gasteiger partial charge >= 0.3 is 5.97 Å². The van der Waals surface area contributed by atoms with Crippen LogP contribution in [-0.2, 0) is 9.53 Å². The minimum Gasteiger partial charge on any atom is -0.466 e. The lowest BCUT2D eigenvalue weighted by Gasteiger charge is -2.06. The highest BCUT2D eigenvalue weighted by atomic mass is 16.5. The normalized spacial score (nSPS) is 11.8. The molecule has 0 unspecified atom stereocenters. The van der Waals surface area contributed by atoms with Crippen LogP contribution < -0.4 is 0 Å². The van der Waals surface area contributed by atoms with Gasteiger partial charge in [-0.25, -0.2) is 0 Å². The van der Waals surface area contributed by atoms with Crippen LogP contribution in [0.2, 0.25) is 0 Å². The zero-order chi connectivity index (χ0) is 37.0. The summed E-state index contributed by atoms with van der Waals surface area (Å²) in [6.45, 7) is 7.60. The topological polar surface area (TPSA) is 26.3 Å². The average molecular weight is 717 g/mol. The number of unbranched alkanes of at least 4 members (excludes halogenated alkanes) is 36. The van der Waals surface area contributed by atoms with Crippen LogP contribution in [0, 0.1) is 5.92 Å². The number of esters is 1. The van der Waals surface area contributed by atoms with Gasteiger partial charge in [-0.15, -0.1) is 0 Å². The predicted octanol–water partition coefficient (Wildman–Crippen LogP) is 17.8. The summed E-state index contributed by atoms with van der Waals surface area (Å²) in [6, 6.07) is 0. The average Bonchev–Trinajstić information content (AvgIpc) is 3.12. The molecule has 0 saturated heterocycles. The van der Waals surface area contributed by atoms with Crippen LogP contribution in [0.4, 0.5) is 0 Å². The molecule has 0 saturated carbocycles. The Kier molecular flexibility index (Phi) is 44.7. The predicted molar refractivity (Wildman–Crippen MR) is 230 cm³/mol. The van der Waals surface area contributed by atoms with Gasteiger partial charge in [-0.2, -0.15) is 0 Å². The van der Waals surface area contributed by atoms with E-state index in [2.05, 4.69) is 32.9 Å². The van der Waals surface area contributed by atoms with E-state index in [4.69, 9.17) is 4.74 Å². The molecule has 0 heterocycles. The number of rotatable bonds is 44. The van der Waals surface area contributed by atoms with Crippen molar-refractivity contribution in [1.29, 1.82) is 0 Å². The second-order valence-electron chi connectivity index (χ2n) is 16.9. The summed E-state index contributed by atoms with van der Waals surface area (Å²) >= 11 is 0. The van der Waals surface area contributed by atoms with E-state index in [1.807, 2.05) is 0 Å². The van der Waals surface area contributed by atoms with Gasteiger partial charge in [-0.1, -0.05) is 251 Å². The van der Waals surface area contributed by atoms with E-state index in [-0.39, 0.29) is 5.97 Å². The number of allylic oxidation sites excluding steroid dienone is 2. The first kappa shape index (κ1) is 50.2. The molecule has 2 nitrogen and oxygen atoms in total. The molecule has 0 rings (SSSR count). The van der Waals surface area contributed by atoms with Crippen molar-refractivity contribution in [3.8, 4) is 0 Å². The Bertz CT molecular complexity index is 667. The van der Waals surface area contributed by atoms with Gasteiger partial charge in [-0.3, -0.25) is 4.79 Å². The van der Waals surface area contributed by atoms with E-state index in [0.29, 0.717) is 13.0 Å². The standard InChI is InChI=1S/C49H96O2/c1-4-5-6-7-8-9-10-11-24-28-31-34-37-40-43-46-49(50)51-47-44-41-38-35-32-29-26-23-21-19-17-15-13-12-14-16-18-20-22-25-27-30-33-36-39-42-45-48(2)3/h11,24,48H,4-10,12-23,25-47H2,1-3H3/b24-11-. The SMILES string of the molecule is CCCCCCCC/C=C\CCCCCCCC(=O)OCCCCCCCCCCCCCCCCCCCCCCCCCCCCC(C)C. The minimum atomic E-state index is 0.0208. The molecule has 0 aromatic carbocycles. The third kappa shape index (κ3) is 47.2. The van der Waals surface area contributed by atoms with Crippen molar-refractivity contribution < 1.29 is 9.53 Å². The van der Waals surface area contributed by atoms with Crippen molar-refractivity contribution in [2.24, 2.45) is 5.92 Å².